The van der Waals surface area contributed by atoms with Crippen LogP contribution in [0.25, 0.3) is 0 Å². The molecule has 0 radical (unpaired) electrons. The largest absolute Gasteiger partial charge is 0.389 e. The van der Waals surface area contributed by atoms with E-state index in [1.165, 1.54) is 11.8 Å². The lowest BCUT2D eigenvalue weighted by Gasteiger charge is -2.12. The first kappa shape index (κ1) is 18.3. The summed E-state index contributed by atoms with van der Waals surface area (Å²) in [5, 5.41) is 15.1. The van der Waals surface area contributed by atoms with Gasteiger partial charge in [-0.15, -0.1) is 0 Å². The number of nitrogens with zero attached hydrogens (tertiary/aromatic N) is 1. The van der Waals surface area contributed by atoms with E-state index < -0.39 is 5.91 Å². The normalized spacial score (nSPS) is 10.9. The third-order valence-corrected chi connectivity index (χ3v) is 3.93. The van der Waals surface area contributed by atoms with Crippen LogP contribution in [0.15, 0.2) is 54.2 Å². The number of hydrogen-bond donors (Lipinski definition) is 2. The van der Waals surface area contributed by atoms with Crippen LogP contribution in [-0.2, 0) is 11.2 Å². The second kappa shape index (κ2) is 8.70. The number of nitrogens with one attached hydrogen (secondary N) is 2. The van der Waals surface area contributed by atoms with Crippen molar-refractivity contribution in [3.05, 3.63) is 76.5 Å². The van der Waals surface area contributed by atoms with Crippen LogP contribution in [0.3, 0.4) is 0 Å². The van der Waals surface area contributed by atoms with E-state index >= 15 is 0 Å². The number of carbonyl (C=O) groups excluding carboxylic acids is 1. The zero-order chi connectivity index (χ0) is 18.2. The minimum Gasteiger partial charge on any atom is -0.389 e. The van der Waals surface area contributed by atoms with E-state index in [2.05, 4.69) is 10.6 Å². The SMILES string of the molecule is Cc1cc(C)c(NC(=O)/C(C#N)=C\NCCc2ccccc2)c(C)c1. The number of hydrogen-bond acceptors (Lipinski definition) is 3. The van der Waals surface area contributed by atoms with Crippen LogP contribution in [0.2, 0.25) is 0 Å². The van der Waals surface area contributed by atoms with Crippen molar-refractivity contribution >= 4 is 11.6 Å². The monoisotopic (exact) mass is 333 g/mol. The summed E-state index contributed by atoms with van der Waals surface area (Å²) in [6.07, 6.45) is 2.31. The van der Waals surface area contributed by atoms with E-state index in [-0.39, 0.29) is 5.57 Å². The molecule has 2 aromatic carbocycles. The van der Waals surface area contributed by atoms with Crippen molar-refractivity contribution in [1.29, 1.82) is 5.26 Å². The van der Waals surface area contributed by atoms with Gasteiger partial charge in [0, 0.05) is 18.4 Å². The number of anilines is 1. The number of benzene rings is 2. The maximum Gasteiger partial charge on any atom is 0.267 e. The van der Waals surface area contributed by atoms with Crippen LogP contribution >= 0.6 is 0 Å². The highest BCUT2D eigenvalue weighted by Crippen LogP contribution is 2.22. The zero-order valence-corrected chi connectivity index (χ0v) is 14.9. The maximum absolute atomic E-state index is 12.4. The third-order valence-electron chi connectivity index (χ3n) is 3.93. The molecule has 2 aromatic rings. The molecule has 0 spiro atoms. The van der Waals surface area contributed by atoms with Crippen molar-refractivity contribution in [2.75, 3.05) is 11.9 Å². The van der Waals surface area contributed by atoms with Gasteiger partial charge in [0.15, 0.2) is 0 Å². The minimum atomic E-state index is -0.398. The standard InChI is InChI=1S/C21H23N3O/c1-15-11-16(2)20(17(3)12-15)24-21(25)19(13-22)14-23-10-9-18-7-5-4-6-8-18/h4-8,11-12,14,23H,9-10H2,1-3H3,(H,24,25)/b19-14-. The Labute approximate surface area is 149 Å². The quantitative estimate of drug-likeness (QED) is 0.480. The van der Waals surface area contributed by atoms with Gasteiger partial charge >= 0.3 is 0 Å². The number of nitriles is 1. The highest BCUT2D eigenvalue weighted by atomic mass is 16.1. The lowest BCUT2D eigenvalue weighted by Crippen LogP contribution is -2.19. The second-order valence-electron chi connectivity index (χ2n) is 6.09. The second-order valence-corrected chi connectivity index (χ2v) is 6.09. The van der Waals surface area contributed by atoms with Crippen LogP contribution in [0.5, 0.6) is 0 Å². The molecule has 2 rings (SSSR count). The van der Waals surface area contributed by atoms with Crippen molar-refractivity contribution < 1.29 is 4.79 Å². The Morgan fingerprint density at radius 1 is 1.12 bits per heavy atom. The summed E-state index contributed by atoms with van der Waals surface area (Å²) in [6.45, 7) is 6.57. The summed E-state index contributed by atoms with van der Waals surface area (Å²) in [6, 6.07) is 16.0. The predicted octanol–water partition coefficient (Wildman–Crippen LogP) is 3.79. The number of rotatable bonds is 6. The summed E-state index contributed by atoms with van der Waals surface area (Å²) >= 11 is 0. The lowest BCUT2D eigenvalue weighted by molar-refractivity contribution is -0.112. The van der Waals surface area contributed by atoms with Crippen LogP contribution in [-0.4, -0.2) is 12.5 Å². The number of aryl methyl sites for hydroxylation is 3. The molecule has 0 fully saturated rings. The number of amides is 1. The fraction of sp³-hybridized carbons (Fsp3) is 0.238. The first-order chi connectivity index (χ1) is 12.0. The summed E-state index contributed by atoms with van der Waals surface area (Å²) < 4.78 is 0. The Balaban J connectivity index is 1.98. The van der Waals surface area contributed by atoms with Crippen molar-refractivity contribution in [2.24, 2.45) is 0 Å². The molecule has 0 aliphatic rings. The number of carbonyl (C=O) groups is 1. The zero-order valence-electron chi connectivity index (χ0n) is 14.9. The van der Waals surface area contributed by atoms with Crippen molar-refractivity contribution in [1.82, 2.24) is 5.32 Å². The van der Waals surface area contributed by atoms with Gasteiger partial charge in [-0.2, -0.15) is 5.26 Å². The summed E-state index contributed by atoms with van der Waals surface area (Å²) in [4.78, 5) is 12.4. The minimum absolute atomic E-state index is 0.0624. The highest BCUT2D eigenvalue weighted by Gasteiger charge is 2.12. The van der Waals surface area contributed by atoms with E-state index in [4.69, 9.17) is 0 Å². The molecule has 0 unspecified atom stereocenters. The van der Waals surface area contributed by atoms with Crippen LogP contribution in [0.1, 0.15) is 22.3 Å². The summed E-state index contributed by atoms with van der Waals surface area (Å²) in [5.74, 6) is -0.398. The Bertz CT molecular complexity index is 794. The van der Waals surface area contributed by atoms with Crippen LogP contribution in [0, 0.1) is 32.1 Å². The average molecular weight is 333 g/mol. The van der Waals surface area contributed by atoms with E-state index in [1.807, 2.05) is 69.3 Å². The summed E-state index contributed by atoms with van der Waals surface area (Å²) in [5.41, 5.74) is 5.15. The molecule has 25 heavy (non-hydrogen) atoms. The Hall–Kier alpha value is -3.06. The molecule has 4 nitrogen and oxygen atoms in total. The molecular formula is C21H23N3O. The van der Waals surface area contributed by atoms with Crippen molar-refractivity contribution in [2.45, 2.75) is 27.2 Å². The molecule has 0 atom stereocenters. The van der Waals surface area contributed by atoms with Crippen LogP contribution < -0.4 is 10.6 Å². The van der Waals surface area contributed by atoms with Gasteiger partial charge in [0.05, 0.1) is 0 Å². The van der Waals surface area contributed by atoms with Gasteiger partial charge in [0.2, 0.25) is 0 Å². The Kier molecular flexibility index (Phi) is 6.36. The molecule has 1 amide bonds. The first-order valence-electron chi connectivity index (χ1n) is 8.28. The lowest BCUT2D eigenvalue weighted by atomic mass is 10.0. The third kappa shape index (κ3) is 5.22. The average Bonchev–Trinajstić information content (AvgIpc) is 2.59. The van der Waals surface area contributed by atoms with Gasteiger partial charge in [0.1, 0.15) is 11.6 Å². The molecule has 0 aromatic heterocycles. The van der Waals surface area contributed by atoms with E-state index in [0.29, 0.717) is 6.54 Å². The fourth-order valence-electron chi connectivity index (χ4n) is 2.74. The molecule has 4 heteroatoms. The molecule has 0 aliphatic heterocycles. The van der Waals surface area contributed by atoms with Crippen LogP contribution in [0.4, 0.5) is 5.69 Å². The molecular weight excluding hydrogens is 310 g/mol. The Morgan fingerprint density at radius 3 is 2.36 bits per heavy atom. The van der Waals surface area contributed by atoms with Gasteiger partial charge in [0.25, 0.3) is 5.91 Å². The smallest absolute Gasteiger partial charge is 0.267 e. The van der Waals surface area contributed by atoms with Crippen molar-refractivity contribution in [3.63, 3.8) is 0 Å². The molecule has 0 saturated heterocycles. The molecule has 0 heterocycles. The maximum atomic E-state index is 12.4. The molecule has 0 aliphatic carbocycles. The molecule has 0 bridgehead atoms. The Morgan fingerprint density at radius 2 is 1.76 bits per heavy atom. The van der Waals surface area contributed by atoms with Gasteiger partial charge < -0.3 is 10.6 Å². The van der Waals surface area contributed by atoms with Gasteiger partial charge in [-0.05, 0) is 43.9 Å². The molecule has 0 saturated carbocycles. The van der Waals surface area contributed by atoms with Gasteiger partial charge in [-0.25, -0.2) is 0 Å². The molecule has 128 valence electrons. The van der Waals surface area contributed by atoms with Gasteiger partial charge in [-0.1, -0.05) is 48.0 Å². The fourth-order valence-corrected chi connectivity index (χ4v) is 2.74. The van der Waals surface area contributed by atoms with Crippen molar-refractivity contribution in [3.8, 4) is 6.07 Å². The molecule has 2 N–H and O–H groups in total. The van der Waals surface area contributed by atoms with E-state index in [1.54, 1.807) is 0 Å². The van der Waals surface area contributed by atoms with Gasteiger partial charge in [-0.3, -0.25) is 4.79 Å². The van der Waals surface area contributed by atoms with E-state index in [9.17, 15) is 10.1 Å². The topological polar surface area (TPSA) is 64.9 Å². The van der Waals surface area contributed by atoms with E-state index in [0.717, 1.165) is 28.8 Å². The predicted molar refractivity (Wildman–Crippen MR) is 101 cm³/mol. The first-order valence-corrected chi connectivity index (χ1v) is 8.28. The highest BCUT2D eigenvalue weighted by molar-refractivity contribution is 6.07. The summed E-state index contributed by atoms with van der Waals surface area (Å²) in [7, 11) is 0.